The van der Waals surface area contributed by atoms with Gasteiger partial charge in [-0.3, -0.25) is 0 Å². The van der Waals surface area contributed by atoms with Gasteiger partial charge in [0.1, 0.15) is 0 Å². The standard InChI is InChI=1S/C18H31NS/c1-5-8-11-15(6-2)14-17(19-7-3)16-12-9-10-13-18(16)20-4/h9-10,12-13,15,17,19H,5-8,11,14H2,1-4H3. The van der Waals surface area contributed by atoms with Gasteiger partial charge in [0.2, 0.25) is 0 Å². The fourth-order valence-corrected chi connectivity index (χ4v) is 3.50. The molecule has 0 amide bonds. The minimum Gasteiger partial charge on any atom is -0.310 e. The maximum absolute atomic E-state index is 3.70. The minimum atomic E-state index is 0.505. The second-order valence-electron chi connectivity index (χ2n) is 5.50. The Morgan fingerprint density at radius 2 is 1.90 bits per heavy atom. The van der Waals surface area contributed by atoms with Crippen LogP contribution in [0.3, 0.4) is 0 Å². The number of hydrogen-bond donors (Lipinski definition) is 1. The van der Waals surface area contributed by atoms with Crippen molar-refractivity contribution in [3.63, 3.8) is 0 Å². The third-order valence-electron chi connectivity index (χ3n) is 4.08. The van der Waals surface area contributed by atoms with Gasteiger partial charge in [0.05, 0.1) is 0 Å². The molecule has 0 heterocycles. The summed E-state index contributed by atoms with van der Waals surface area (Å²) in [7, 11) is 0. The van der Waals surface area contributed by atoms with Crippen molar-refractivity contribution in [3.8, 4) is 0 Å². The molecule has 0 saturated carbocycles. The molecule has 0 aromatic heterocycles. The van der Waals surface area contributed by atoms with E-state index in [2.05, 4.69) is 56.6 Å². The zero-order chi connectivity index (χ0) is 14.8. The Balaban J connectivity index is 2.81. The van der Waals surface area contributed by atoms with E-state index in [0.29, 0.717) is 6.04 Å². The van der Waals surface area contributed by atoms with Gasteiger partial charge in [-0.05, 0) is 36.8 Å². The van der Waals surface area contributed by atoms with Gasteiger partial charge in [0.15, 0.2) is 0 Å². The molecule has 0 fully saturated rings. The fourth-order valence-electron chi connectivity index (χ4n) is 2.84. The average molecular weight is 294 g/mol. The Morgan fingerprint density at radius 1 is 1.15 bits per heavy atom. The first-order valence-corrected chi connectivity index (χ1v) is 9.35. The maximum atomic E-state index is 3.70. The van der Waals surface area contributed by atoms with Gasteiger partial charge in [-0.25, -0.2) is 0 Å². The third-order valence-corrected chi connectivity index (χ3v) is 4.89. The van der Waals surface area contributed by atoms with Crippen molar-refractivity contribution >= 4 is 11.8 Å². The van der Waals surface area contributed by atoms with Crippen LogP contribution in [0, 0.1) is 5.92 Å². The number of unbranched alkanes of at least 4 members (excludes halogenated alkanes) is 1. The van der Waals surface area contributed by atoms with Gasteiger partial charge < -0.3 is 5.32 Å². The van der Waals surface area contributed by atoms with Crippen LogP contribution < -0.4 is 5.32 Å². The normalized spacial score (nSPS) is 14.2. The molecule has 1 N–H and O–H groups in total. The molecule has 0 aliphatic heterocycles. The number of thioether (sulfide) groups is 1. The number of nitrogens with one attached hydrogen (secondary N) is 1. The highest BCUT2D eigenvalue weighted by Crippen LogP contribution is 2.32. The summed E-state index contributed by atoms with van der Waals surface area (Å²) < 4.78 is 0. The summed E-state index contributed by atoms with van der Waals surface area (Å²) in [6.07, 6.45) is 8.78. The van der Waals surface area contributed by atoms with E-state index in [1.807, 2.05) is 11.8 Å². The van der Waals surface area contributed by atoms with Gasteiger partial charge in [-0.15, -0.1) is 11.8 Å². The lowest BCUT2D eigenvalue weighted by Gasteiger charge is -2.25. The van der Waals surface area contributed by atoms with E-state index in [4.69, 9.17) is 0 Å². The first kappa shape index (κ1) is 17.6. The van der Waals surface area contributed by atoms with E-state index < -0.39 is 0 Å². The predicted octanol–water partition coefficient (Wildman–Crippen LogP) is 5.67. The quantitative estimate of drug-likeness (QED) is 0.558. The molecular formula is C18H31NS. The molecule has 2 atom stereocenters. The number of benzene rings is 1. The Hall–Kier alpha value is -0.470. The van der Waals surface area contributed by atoms with Crippen LogP contribution >= 0.6 is 11.8 Å². The Morgan fingerprint density at radius 3 is 2.50 bits per heavy atom. The van der Waals surface area contributed by atoms with E-state index >= 15 is 0 Å². The van der Waals surface area contributed by atoms with Crippen LogP contribution in [0.4, 0.5) is 0 Å². The SMILES string of the molecule is CCCCC(CC)CC(NCC)c1ccccc1SC. The zero-order valence-electron chi connectivity index (χ0n) is 13.6. The van der Waals surface area contributed by atoms with Crippen molar-refractivity contribution in [3.05, 3.63) is 29.8 Å². The molecular weight excluding hydrogens is 262 g/mol. The van der Waals surface area contributed by atoms with Crippen molar-refractivity contribution in [2.45, 2.75) is 63.8 Å². The molecule has 2 heteroatoms. The van der Waals surface area contributed by atoms with Crippen LogP contribution in [0.2, 0.25) is 0 Å². The fraction of sp³-hybridized carbons (Fsp3) is 0.667. The van der Waals surface area contributed by atoms with Gasteiger partial charge in [-0.2, -0.15) is 0 Å². The lowest BCUT2D eigenvalue weighted by atomic mass is 9.89. The Kier molecular flexibility index (Phi) is 9.04. The van der Waals surface area contributed by atoms with Gasteiger partial charge in [0.25, 0.3) is 0 Å². The molecule has 0 saturated heterocycles. The summed E-state index contributed by atoms with van der Waals surface area (Å²) in [5.41, 5.74) is 1.48. The first-order valence-electron chi connectivity index (χ1n) is 8.12. The number of rotatable bonds is 10. The second-order valence-corrected chi connectivity index (χ2v) is 6.35. The van der Waals surface area contributed by atoms with Crippen LogP contribution in [0.25, 0.3) is 0 Å². The monoisotopic (exact) mass is 293 g/mol. The lowest BCUT2D eigenvalue weighted by molar-refractivity contribution is 0.355. The topological polar surface area (TPSA) is 12.0 Å². The van der Waals surface area contributed by atoms with E-state index in [9.17, 15) is 0 Å². The lowest BCUT2D eigenvalue weighted by Crippen LogP contribution is -2.24. The van der Waals surface area contributed by atoms with Crippen LogP contribution in [-0.4, -0.2) is 12.8 Å². The van der Waals surface area contributed by atoms with Crippen LogP contribution in [0.5, 0.6) is 0 Å². The largest absolute Gasteiger partial charge is 0.310 e. The number of hydrogen-bond acceptors (Lipinski definition) is 2. The van der Waals surface area contributed by atoms with Crippen molar-refractivity contribution in [2.75, 3.05) is 12.8 Å². The van der Waals surface area contributed by atoms with Crippen molar-refractivity contribution in [2.24, 2.45) is 5.92 Å². The molecule has 1 aromatic carbocycles. The first-order chi connectivity index (χ1) is 9.76. The summed E-state index contributed by atoms with van der Waals surface area (Å²) in [5, 5.41) is 3.70. The third kappa shape index (κ3) is 5.49. The molecule has 0 spiro atoms. The molecule has 0 aliphatic carbocycles. The summed E-state index contributed by atoms with van der Waals surface area (Å²) in [5.74, 6) is 0.842. The summed E-state index contributed by atoms with van der Waals surface area (Å²) >= 11 is 1.86. The highest BCUT2D eigenvalue weighted by molar-refractivity contribution is 7.98. The van der Waals surface area contributed by atoms with Crippen LogP contribution in [0.15, 0.2) is 29.2 Å². The van der Waals surface area contributed by atoms with Crippen LogP contribution in [-0.2, 0) is 0 Å². The van der Waals surface area contributed by atoms with Crippen molar-refractivity contribution < 1.29 is 0 Å². The Labute approximate surface area is 129 Å². The molecule has 1 rings (SSSR count). The molecule has 2 unspecified atom stereocenters. The second kappa shape index (κ2) is 10.3. The highest BCUT2D eigenvalue weighted by Gasteiger charge is 2.18. The molecule has 1 nitrogen and oxygen atoms in total. The summed E-state index contributed by atoms with van der Waals surface area (Å²) in [6.45, 7) is 7.88. The van der Waals surface area contributed by atoms with Crippen LogP contribution in [0.1, 0.15) is 64.5 Å². The van der Waals surface area contributed by atoms with Gasteiger partial charge in [-0.1, -0.05) is 64.7 Å². The van der Waals surface area contributed by atoms with E-state index in [1.54, 1.807) is 0 Å². The van der Waals surface area contributed by atoms with E-state index in [-0.39, 0.29) is 0 Å². The molecule has 1 aromatic rings. The van der Waals surface area contributed by atoms with Gasteiger partial charge >= 0.3 is 0 Å². The maximum Gasteiger partial charge on any atom is 0.0333 e. The average Bonchev–Trinajstić information content (AvgIpc) is 2.50. The predicted molar refractivity (Wildman–Crippen MR) is 92.6 cm³/mol. The summed E-state index contributed by atoms with van der Waals surface area (Å²) in [6, 6.07) is 9.37. The Bertz CT molecular complexity index is 364. The molecule has 0 aliphatic rings. The van der Waals surface area contributed by atoms with Crippen molar-refractivity contribution in [1.82, 2.24) is 5.32 Å². The van der Waals surface area contributed by atoms with Crippen molar-refractivity contribution in [1.29, 1.82) is 0 Å². The van der Waals surface area contributed by atoms with E-state index in [0.717, 1.165) is 12.5 Å². The highest BCUT2D eigenvalue weighted by atomic mass is 32.2. The van der Waals surface area contributed by atoms with Gasteiger partial charge in [0, 0.05) is 10.9 Å². The molecule has 20 heavy (non-hydrogen) atoms. The molecule has 0 radical (unpaired) electrons. The summed E-state index contributed by atoms with van der Waals surface area (Å²) in [4.78, 5) is 1.42. The zero-order valence-corrected chi connectivity index (χ0v) is 14.4. The molecule has 114 valence electrons. The van der Waals surface area contributed by atoms with E-state index in [1.165, 1.54) is 42.6 Å². The molecule has 0 bridgehead atoms. The minimum absolute atomic E-state index is 0.505. The smallest absolute Gasteiger partial charge is 0.0333 e.